The molecule has 1 amide bonds. The molecular weight excluding hydrogens is 204 g/mol. The van der Waals surface area contributed by atoms with Gasteiger partial charge in [-0.15, -0.1) is 0 Å². The molecule has 1 saturated heterocycles. The molecule has 2 heterocycles. The Hall–Kier alpha value is -1.29. The van der Waals surface area contributed by atoms with E-state index in [1.807, 2.05) is 25.7 Å². The van der Waals surface area contributed by atoms with Crippen LogP contribution in [-0.4, -0.2) is 29.9 Å². The lowest BCUT2D eigenvalue weighted by atomic mass is 10.1. The minimum absolute atomic E-state index is 0.0554. The molecule has 1 aliphatic rings. The van der Waals surface area contributed by atoms with Gasteiger partial charge in [-0.2, -0.15) is 0 Å². The fraction of sp³-hybridized carbons (Fsp3) is 0.583. The van der Waals surface area contributed by atoms with E-state index < -0.39 is 0 Å². The van der Waals surface area contributed by atoms with Gasteiger partial charge in [-0.25, -0.2) is 0 Å². The Morgan fingerprint density at radius 2 is 2.06 bits per heavy atom. The first kappa shape index (κ1) is 11.2. The van der Waals surface area contributed by atoms with E-state index in [1.54, 1.807) is 0 Å². The summed E-state index contributed by atoms with van der Waals surface area (Å²) in [7, 11) is 0. The van der Waals surface area contributed by atoms with Crippen molar-refractivity contribution < 1.29 is 9.21 Å². The third kappa shape index (κ3) is 1.73. The van der Waals surface area contributed by atoms with Crippen LogP contribution in [0.5, 0.6) is 0 Å². The summed E-state index contributed by atoms with van der Waals surface area (Å²) >= 11 is 0. The summed E-state index contributed by atoms with van der Waals surface area (Å²) in [6.07, 6.45) is 0.890. The molecule has 2 N–H and O–H groups in total. The Bertz CT molecular complexity index is 423. The predicted molar refractivity (Wildman–Crippen MR) is 61.4 cm³/mol. The molecule has 4 nitrogen and oxygen atoms in total. The second kappa shape index (κ2) is 3.94. The largest absolute Gasteiger partial charge is 0.466 e. The van der Waals surface area contributed by atoms with Gasteiger partial charge >= 0.3 is 0 Å². The molecule has 88 valence electrons. The molecule has 0 saturated carbocycles. The van der Waals surface area contributed by atoms with Gasteiger partial charge in [0.15, 0.2) is 0 Å². The molecule has 0 bridgehead atoms. The van der Waals surface area contributed by atoms with Crippen molar-refractivity contribution in [1.29, 1.82) is 0 Å². The zero-order chi connectivity index (χ0) is 11.9. The predicted octanol–water partition coefficient (Wildman–Crippen LogP) is 1.38. The lowest BCUT2D eigenvalue weighted by Gasteiger charge is -2.15. The first-order valence-corrected chi connectivity index (χ1v) is 5.62. The molecule has 1 fully saturated rings. The molecular formula is C12H18N2O2. The minimum atomic E-state index is 0.0554. The highest BCUT2D eigenvalue weighted by molar-refractivity contribution is 5.97. The molecule has 0 spiro atoms. The minimum Gasteiger partial charge on any atom is -0.466 e. The van der Waals surface area contributed by atoms with Crippen molar-refractivity contribution in [2.45, 2.75) is 33.2 Å². The topological polar surface area (TPSA) is 59.5 Å². The van der Waals surface area contributed by atoms with Crippen LogP contribution in [0.1, 0.15) is 33.9 Å². The van der Waals surface area contributed by atoms with Crippen LogP contribution in [-0.2, 0) is 0 Å². The van der Waals surface area contributed by atoms with Gasteiger partial charge in [0.05, 0.1) is 5.56 Å². The van der Waals surface area contributed by atoms with Gasteiger partial charge in [-0.3, -0.25) is 4.79 Å². The zero-order valence-corrected chi connectivity index (χ0v) is 10.0. The third-order valence-corrected chi connectivity index (χ3v) is 3.29. The first-order valence-electron chi connectivity index (χ1n) is 5.62. The van der Waals surface area contributed by atoms with Crippen LogP contribution >= 0.6 is 0 Å². The molecule has 16 heavy (non-hydrogen) atoms. The Morgan fingerprint density at radius 3 is 2.50 bits per heavy atom. The molecule has 1 unspecified atom stereocenters. The maximum atomic E-state index is 12.3. The van der Waals surface area contributed by atoms with Crippen molar-refractivity contribution in [3.63, 3.8) is 0 Å². The molecule has 4 heteroatoms. The van der Waals surface area contributed by atoms with Gasteiger partial charge in [-0.1, -0.05) is 0 Å². The highest BCUT2D eigenvalue weighted by Gasteiger charge is 2.28. The lowest BCUT2D eigenvalue weighted by Crippen LogP contribution is -2.32. The van der Waals surface area contributed by atoms with Gasteiger partial charge in [0.2, 0.25) is 0 Å². The molecule has 0 aromatic carbocycles. The molecule has 1 aliphatic heterocycles. The summed E-state index contributed by atoms with van der Waals surface area (Å²) < 4.78 is 5.47. The van der Waals surface area contributed by atoms with Crippen molar-refractivity contribution >= 4 is 5.91 Å². The molecule has 1 aromatic rings. The molecule has 1 atom stereocenters. The van der Waals surface area contributed by atoms with Crippen LogP contribution in [0.25, 0.3) is 0 Å². The lowest BCUT2D eigenvalue weighted by molar-refractivity contribution is 0.0788. The fourth-order valence-electron chi connectivity index (χ4n) is 2.24. The highest BCUT2D eigenvalue weighted by atomic mass is 16.3. The second-order valence-corrected chi connectivity index (χ2v) is 4.51. The van der Waals surface area contributed by atoms with Gasteiger partial charge in [0.1, 0.15) is 11.5 Å². The Kier molecular flexibility index (Phi) is 2.76. The zero-order valence-electron chi connectivity index (χ0n) is 10.0. The molecule has 0 aliphatic carbocycles. The van der Waals surface area contributed by atoms with Crippen LogP contribution in [0.3, 0.4) is 0 Å². The monoisotopic (exact) mass is 222 g/mol. The number of nitrogens with zero attached hydrogens (tertiary/aromatic N) is 1. The van der Waals surface area contributed by atoms with Crippen molar-refractivity contribution in [2.75, 3.05) is 13.1 Å². The number of aryl methyl sites for hydroxylation is 2. The summed E-state index contributed by atoms with van der Waals surface area (Å²) in [4.78, 5) is 14.1. The van der Waals surface area contributed by atoms with Crippen LogP contribution < -0.4 is 5.73 Å². The average Bonchev–Trinajstić information content (AvgIpc) is 2.73. The van der Waals surface area contributed by atoms with Crippen molar-refractivity contribution in [2.24, 2.45) is 5.73 Å². The Balaban J connectivity index is 2.27. The Morgan fingerprint density at radius 1 is 1.38 bits per heavy atom. The molecule has 2 rings (SSSR count). The number of furan rings is 1. The van der Waals surface area contributed by atoms with E-state index in [0.717, 1.165) is 24.3 Å². The van der Waals surface area contributed by atoms with Crippen molar-refractivity contribution in [3.05, 3.63) is 22.6 Å². The van der Waals surface area contributed by atoms with E-state index in [0.29, 0.717) is 17.9 Å². The number of carbonyl (C=O) groups is 1. The van der Waals surface area contributed by atoms with E-state index in [-0.39, 0.29) is 11.9 Å². The fourth-order valence-corrected chi connectivity index (χ4v) is 2.24. The molecule has 1 aromatic heterocycles. The smallest absolute Gasteiger partial charge is 0.257 e. The van der Waals surface area contributed by atoms with Gasteiger partial charge in [0.25, 0.3) is 5.91 Å². The summed E-state index contributed by atoms with van der Waals surface area (Å²) in [6.45, 7) is 7.05. The standard InChI is InChI=1S/C12H18N2O2/c1-7-8(2)16-9(3)11(7)12(15)14-5-4-10(13)6-14/h10H,4-6,13H2,1-3H3. The summed E-state index contributed by atoms with van der Waals surface area (Å²) in [5, 5.41) is 0. The van der Waals surface area contributed by atoms with E-state index in [2.05, 4.69) is 0 Å². The number of amides is 1. The number of hydrogen-bond acceptors (Lipinski definition) is 3. The van der Waals surface area contributed by atoms with E-state index >= 15 is 0 Å². The van der Waals surface area contributed by atoms with E-state index in [4.69, 9.17) is 10.2 Å². The summed E-state index contributed by atoms with van der Waals surface area (Å²) in [5.74, 6) is 1.59. The Labute approximate surface area is 95.4 Å². The average molecular weight is 222 g/mol. The maximum Gasteiger partial charge on any atom is 0.257 e. The maximum absolute atomic E-state index is 12.3. The van der Waals surface area contributed by atoms with Crippen LogP contribution in [0.4, 0.5) is 0 Å². The number of hydrogen-bond donors (Lipinski definition) is 1. The number of carbonyl (C=O) groups excluding carboxylic acids is 1. The normalized spacial score (nSPS) is 20.5. The van der Waals surface area contributed by atoms with Gasteiger partial charge in [-0.05, 0) is 27.2 Å². The summed E-state index contributed by atoms with van der Waals surface area (Å²) in [5.41, 5.74) is 7.47. The first-order chi connectivity index (χ1) is 7.50. The molecule has 0 radical (unpaired) electrons. The SMILES string of the molecule is Cc1oc(C)c(C(=O)N2CCC(N)C2)c1C. The van der Waals surface area contributed by atoms with Gasteiger partial charge in [0, 0.05) is 24.7 Å². The number of nitrogens with two attached hydrogens (primary N) is 1. The second-order valence-electron chi connectivity index (χ2n) is 4.51. The van der Waals surface area contributed by atoms with E-state index in [9.17, 15) is 4.79 Å². The summed E-state index contributed by atoms with van der Waals surface area (Å²) in [6, 6.07) is 0.123. The number of rotatable bonds is 1. The van der Waals surface area contributed by atoms with Crippen LogP contribution in [0, 0.1) is 20.8 Å². The third-order valence-electron chi connectivity index (χ3n) is 3.29. The van der Waals surface area contributed by atoms with Crippen LogP contribution in [0.2, 0.25) is 0 Å². The van der Waals surface area contributed by atoms with Crippen LogP contribution in [0.15, 0.2) is 4.42 Å². The van der Waals surface area contributed by atoms with Crippen molar-refractivity contribution in [3.8, 4) is 0 Å². The number of likely N-dealkylation sites (tertiary alicyclic amines) is 1. The van der Waals surface area contributed by atoms with Crippen molar-refractivity contribution in [1.82, 2.24) is 4.90 Å². The quantitative estimate of drug-likeness (QED) is 0.781. The van der Waals surface area contributed by atoms with Gasteiger partial charge < -0.3 is 15.1 Å². The van der Waals surface area contributed by atoms with E-state index in [1.165, 1.54) is 0 Å². The highest BCUT2D eigenvalue weighted by Crippen LogP contribution is 2.23.